The summed E-state index contributed by atoms with van der Waals surface area (Å²) in [6.07, 6.45) is 6.33. The number of rotatable bonds is 5. The van der Waals surface area contributed by atoms with Crippen LogP contribution < -0.4 is 16.3 Å². The van der Waals surface area contributed by atoms with E-state index in [1.807, 2.05) is 0 Å². The average molecular weight is 320 g/mol. The van der Waals surface area contributed by atoms with Gasteiger partial charge in [-0.2, -0.15) is 0 Å². The molecule has 1 aromatic heterocycles. The van der Waals surface area contributed by atoms with Crippen LogP contribution in [0.5, 0.6) is 0 Å². The minimum Gasteiger partial charge on any atom is -0.393 e. The Morgan fingerprint density at radius 1 is 1.39 bits per heavy atom. The molecule has 1 saturated heterocycles. The molecule has 1 amide bonds. The SMILES string of the molecule is O=C(Cn1cccnc1=O)NC(C1CCNCC1)C1CC(O)C1. The second-order valence-corrected chi connectivity index (χ2v) is 6.60. The zero-order valence-corrected chi connectivity index (χ0v) is 13.1. The Labute approximate surface area is 135 Å². The molecule has 0 spiro atoms. The minimum atomic E-state index is -0.417. The molecule has 0 aromatic carbocycles. The van der Waals surface area contributed by atoms with Crippen LogP contribution in [0.4, 0.5) is 0 Å². The summed E-state index contributed by atoms with van der Waals surface area (Å²) in [5.41, 5.74) is -0.417. The fraction of sp³-hybridized carbons (Fsp3) is 0.688. The summed E-state index contributed by atoms with van der Waals surface area (Å²) in [5.74, 6) is 0.607. The Hall–Kier alpha value is -1.73. The lowest BCUT2D eigenvalue weighted by molar-refractivity contribution is -0.124. The second-order valence-electron chi connectivity index (χ2n) is 6.60. The molecule has 1 aliphatic carbocycles. The number of aliphatic hydroxyl groups is 1. The Morgan fingerprint density at radius 3 is 2.78 bits per heavy atom. The molecule has 3 rings (SSSR count). The van der Waals surface area contributed by atoms with E-state index in [1.54, 1.807) is 12.3 Å². The fourth-order valence-electron chi connectivity index (χ4n) is 3.64. The van der Waals surface area contributed by atoms with E-state index < -0.39 is 5.69 Å². The third kappa shape index (κ3) is 3.97. The van der Waals surface area contributed by atoms with Crippen molar-refractivity contribution in [3.8, 4) is 0 Å². The van der Waals surface area contributed by atoms with Gasteiger partial charge in [0.15, 0.2) is 0 Å². The maximum atomic E-state index is 12.4. The lowest BCUT2D eigenvalue weighted by Gasteiger charge is -2.43. The third-order valence-corrected chi connectivity index (χ3v) is 4.97. The van der Waals surface area contributed by atoms with E-state index in [0.717, 1.165) is 38.8 Å². The van der Waals surface area contributed by atoms with Gasteiger partial charge in [0.2, 0.25) is 5.91 Å². The largest absolute Gasteiger partial charge is 0.393 e. The van der Waals surface area contributed by atoms with Gasteiger partial charge in [0.25, 0.3) is 0 Å². The highest BCUT2D eigenvalue weighted by Gasteiger charge is 2.39. The Bertz CT molecular complexity index is 591. The number of carbonyl (C=O) groups is 1. The van der Waals surface area contributed by atoms with Gasteiger partial charge >= 0.3 is 5.69 Å². The molecule has 23 heavy (non-hydrogen) atoms. The first-order valence-electron chi connectivity index (χ1n) is 8.33. The van der Waals surface area contributed by atoms with Gasteiger partial charge in [0.1, 0.15) is 6.54 Å². The molecular weight excluding hydrogens is 296 g/mol. The van der Waals surface area contributed by atoms with Crippen molar-refractivity contribution >= 4 is 5.91 Å². The van der Waals surface area contributed by atoms with E-state index in [1.165, 1.54) is 10.8 Å². The van der Waals surface area contributed by atoms with E-state index >= 15 is 0 Å². The van der Waals surface area contributed by atoms with E-state index in [0.29, 0.717) is 11.8 Å². The van der Waals surface area contributed by atoms with Crippen molar-refractivity contribution in [2.24, 2.45) is 11.8 Å². The van der Waals surface area contributed by atoms with E-state index in [9.17, 15) is 14.7 Å². The molecule has 1 aromatic rings. The van der Waals surface area contributed by atoms with Gasteiger partial charge in [-0.1, -0.05) is 0 Å². The predicted molar refractivity (Wildman–Crippen MR) is 84.8 cm³/mol. The van der Waals surface area contributed by atoms with Crippen molar-refractivity contribution in [1.82, 2.24) is 20.2 Å². The summed E-state index contributed by atoms with van der Waals surface area (Å²) in [6, 6.07) is 1.72. The molecule has 2 heterocycles. The molecule has 2 aliphatic rings. The van der Waals surface area contributed by atoms with Crippen molar-refractivity contribution in [1.29, 1.82) is 0 Å². The van der Waals surface area contributed by atoms with Gasteiger partial charge in [-0.15, -0.1) is 0 Å². The third-order valence-electron chi connectivity index (χ3n) is 4.97. The molecule has 1 unspecified atom stereocenters. The smallest absolute Gasteiger partial charge is 0.347 e. The molecule has 3 N–H and O–H groups in total. The lowest BCUT2D eigenvalue weighted by atomic mass is 9.71. The Balaban J connectivity index is 1.64. The number of nitrogens with one attached hydrogen (secondary N) is 2. The fourth-order valence-corrected chi connectivity index (χ4v) is 3.64. The molecule has 7 heteroatoms. The molecule has 7 nitrogen and oxygen atoms in total. The number of aliphatic hydroxyl groups excluding tert-OH is 1. The lowest BCUT2D eigenvalue weighted by Crippen LogP contribution is -2.53. The topological polar surface area (TPSA) is 96.2 Å². The van der Waals surface area contributed by atoms with Gasteiger partial charge in [-0.05, 0) is 56.7 Å². The molecule has 0 radical (unpaired) electrons. The first kappa shape index (κ1) is 16.1. The van der Waals surface area contributed by atoms with Gasteiger partial charge < -0.3 is 15.7 Å². The van der Waals surface area contributed by atoms with Gasteiger partial charge in [-0.3, -0.25) is 9.36 Å². The summed E-state index contributed by atoms with van der Waals surface area (Å²) < 4.78 is 1.31. The van der Waals surface area contributed by atoms with Crippen molar-refractivity contribution in [3.63, 3.8) is 0 Å². The quantitative estimate of drug-likeness (QED) is 0.680. The van der Waals surface area contributed by atoms with Crippen LogP contribution in [0.25, 0.3) is 0 Å². The van der Waals surface area contributed by atoms with Gasteiger partial charge in [-0.25, -0.2) is 9.78 Å². The zero-order chi connectivity index (χ0) is 16.2. The predicted octanol–water partition coefficient (Wildman–Crippen LogP) is -0.501. The van der Waals surface area contributed by atoms with E-state index in [-0.39, 0.29) is 24.6 Å². The monoisotopic (exact) mass is 320 g/mol. The highest BCUT2D eigenvalue weighted by molar-refractivity contribution is 5.76. The van der Waals surface area contributed by atoms with Crippen LogP contribution in [-0.2, 0) is 11.3 Å². The second kappa shape index (κ2) is 7.23. The van der Waals surface area contributed by atoms with Crippen LogP contribution in [0, 0.1) is 11.8 Å². The maximum absolute atomic E-state index is 12.4. The molecular formula is C16H24N4O3. The van der Waals surface area contributed by atoms with Crippen LogP contribution in [0.3, 0.4) is 0 Å². The van der Waals surface area contributed by atoms with Crippen LogP contribution in [0.2, 0.25) is 0 Å². The number of hydrogen-bond donors (Lipinski definition) is 3. The molecule has 1 atom stereocenters. The molecule has 0 bridgehead atoms. The number of hydrogen-bond acceptors (Lipinski definition) is 5. The van der Waals surface area contributed by atoms with Crippen molar-refractivity contribution in [2.45, 2.75) is 44.4 Å². The Kier molecular flexibility index (Phi) is 5.07. The summed E-state index contributed by atoms with van der Waals surface area (Å²) in [7, 11) is 0. The number of amides is 1. The zero-order valence-electron chi connectivity index (χ0n) is 13.1. The van der Waals surface area contributed by atoms with Crippen molar-refractivity contribution < 1.29 is 9.90 Å². The molecule has 1 aliphatic heterocycles. The van der Waals surface area contributed by atoms with Crippen LogP contribution in [0.1, 0.15) is 25.7 Å². The highest BCUT2D eigenvalue weighted by Crippen LogP contribution is 2.35. The number of nitrogens with zero attached hydrogens (tertiary/aromatic N) is 2. The van der Waals surface area contributed by atoms with E-state index in [4.69, 9.17) is 0 Å². The summed E-state index contributed by atoms with van der Waals surface area (Å²) in [5, 5.41) is 16.1. The average Bonchev–Trinajstić information content (AvgIpc) is 2.53. The summed E-state index contributed by atoms with van der Waals surface area (Å²) in [4.78, 5) is 27.6. The first-order valence-corrected chi connectivity index (χ1v) is 8.33. The Morgan fingerprint density at radius 2 is 2.13 bits per heavy atom. The van der Waals surface area contributed by atoms with E-state index in [2.05, 4.69) is 15.6 Å². The summed E-state index contributed by atoms with van der Waals surface area (Å²) >= 11 is 0. The van der Waals surface area contributed by atoms with Gasteiger partial charge in [0.05, 0.1) is 6.10 Å². The molecule has 1 saturated carbocycles. The molecule has 126 valence electrons. The van der Waals surface area contributed by atoms with Crippen LogP contribution >= 0.6 is 0 Å². The number of carbonyl (C=O) groups excluding carboxylic acids is 1. The highest BCUT2D eigenvalue weighted by atomic mass is 16.3. The normalized spacial score (nSPS) is 26.3. The first-order chi connectivity index (χ1) is 11.1. The standard InChI is InChI=1S/C16H24N4O3/c21-13-8-12(9-13)15(11-2-5-17-6-3-11)19-14(22)10-20-7-1-4-18-16(20)23/h1,4,7,11-13,15,17,21H,2-3,5-6,8-10H2,(H,19,22). The van der Waals surface area contributed by atoms with Crippen molar-refractivity contribution in [3.05, 3.63) is 28.9 Å². The van der Waals surface area contributed by atoms with Gasteiger partial charge in [0, 0.05) is 18.4 Å². The van der Waals surface area contributed by atoms with Crippen LogP contribution in [-0.4, -0.2) is 45.8 Å². The summed E-state index contributed by atoms with van der Waals surface area (Å²) in [6.45, 7) is 1.92. The maximum Gasteiger partial charge on any atom is 0.347 e. The number of aromatic nitrogens is 2. The van der Waals surface area contributed by atoms with Crippen LogP contribution in [0.15, 0.2) is 23.3 Å². The minimum absolute atomic E-state index is 0.0105. The number of piperidine rings is 1. The van der Waals surface area contributed by atoms with Crippen molar-refractivity contribution in [2.75, 3.05) is 13.1 Å². The molecule has 2 fully saturated rings.